The number of aromatic nitrogens is 3. The highest BCUT2D eigenvalue weighted by Crippen LogP contribution is 2.29. The average molecular weight is 443 g/mol. The number of amides is 1. The zero-order chi connectivity index (χ0) is 22.4. The molecular weight excluding hydrogens is 420 g/mol. The number of carbonyl (C=O) groups is 1. The zero-order valence-corrected chi connectivity index (χ0v) is 18.2. The topological polar surface area (TPSA) is 118 Å². The van der Waals surface area contributed by atoms with E-state index in [1.165, 1.54) is 6.26 Å². The minimum absolute atomic E-state index is 0.191. The van der Waals surface area contributed by atoms with E-state index in [-0.39, 0.29) is 23.7 Å². The molecule has 0 saturated carbocycles. The number of ether oxygens (including phenoxy) is 1. The third-order valence-corrected chi connectivity index (χ3v) is 5.07. The van der Waals surface area contributed by atoms with Gasteiger partial charge in [-0.15, -0.1) is 0 Å². The van der Waals surface area contributed by atoms with Crippen molar-refractivity contribution >= 4 is 23.5 Å². The van der Waals surface area contributed by atoms with Crippen molar-refractivity contribution < 1.29 is 13.9 Å². The maximum atomic E-state index is 12.4. The minimum atomic E-state index is -0.335. The quantitative estimate of drug-likeness (QED) is 0.488. The Labute approximate surface area is 185 Å². The lowest BCUT2D eigenvalue weighted by atomic mass is 10.0. The van der Waals surface area contributed by atoms with Crippen LogP contribution in [0.3, 0.4) is 0 Å². The number of halogens is 1. The van der Waals surface area contributed by atoms with Crippen molar-refractivity contribution in [3.05, 3.63) is 52.5 Å². The molecule has 0 bridgehead atoms. The molecule has 2 aromatic heterocycles. The first-order chi connectivity index (χ1) is 14.9. The van der Waals surface area contributed by atoms with Crippen LogP contribution < -0.4 is 10.6 Å². The van der Waals surface area contributed by atoms with E-state index in [4.69, 9.17) is 26.0 Å². The summed E-state index contributed by atoms with van der Waals surface area (Å²) in [5.74, 6) is -0.335. The van der Waals surface area contributed by atoms with Gasteiger partial charge >= 0.3 is 0 Å². The summed E-state index contributed by atoms with van der Waals surface area (Å²) >= 11 is 6.26. The van der Waals surface area contributed by atoms with Crippen LogP contribution in [0.4, 0.5) is 6.01 Å². The van der Waals surface area contributed by atoms with Gasteiger partial charge < -0.3 is 19.8 Å². The van der Waals surface area contributed by atoms with E-state index in [2.05, 4.69) is 26.8 Å². The van der Waals surface area contributed by atoms with Crippen molar-refractivity contribution in [3.63, 3.8) is 0 Å². The predicted molar refractivity (Wildman–Crippen MR) is 116 cm³/mol. The van der Waals surface area contributed by atoms with Crippen molar-refractivity contribution in [3.8, 4) is 17.3 Å². The van der Waals surface area contributed by atoms with Crippen LogP contribution >= 0.6 is 11.6 Å². The number of anilines is 1. The summed E-state index contributed by atoms with van der Waals surface area (Å²) in [7, 11) is 1.60. The highest BCUT2D eigenvalue weighted by atomic mass is 35.5. The van der Waals surface area contributed by atoms with E-state index in [0.29, 0.717) is 30.3 Å². The average Bonchev–Trinajstić information content (AvgIpc) is 3.40. The number of rotatable bonds is 9. The number of methoxy groups -OCH3 is 1. The Hall–Kier alpha value is -3.35. The van der Waals surface area contributed by atoms with Gasteiger partial charge in [-0.3, -0.25) is 9.48 Å². The SMILES string of the molecule is COCCNc1nc(C(=O)N[C@@H](C)Cn2ccc(-c3ccc(C#N)c(Cl)c3C)n2)co1. The Morgan fingerprint density at radius 2 is 2.23 bits per heavy atom. The molecule has 0 aliphatic heterocycles. The van der Waals surface area contributed by atoms with Crippen molar-refractivity contribution in [1.82, 2.24) is 20.1 Å². The van der Waals surface area contributed by atoms with Crippen LogP contribution in [0.25, 0.3) is 11.3 Å². The number of benzene rings is 1. The van der Waals surface area contributed by atoms with Gasteiger partial charge in [-0.1, -0.05) is 17.7 Å². The van der Waals surface area contributed by atoms with Crippen LogP contribution in [0.5, 0.6) is 0 Å². The van der Waals surface area contributed by atoms with Gasteiger partial charge in [0.15, 0.2) is 5.69 Å². The van der Waals surface area contributed by atoms with Crippen LogP contribution in [0, 0.1) is 18.3 Å². The Kier molecular flexibility index (Phi) is 7.28. The molecule has 0 spiro atoms. The molecule has 0 fully saturated rings. The molecule has 0 saturated heterocycles. The molecule has 1 aromatic carbocycles. The van der Waals surface area contributed by atoms with Gasteiger partial charge in [-0.05, 0) is 31.5 Å². The highest BCUT2D eigenvalue weighted by molar-refractivity contribution is 6.32. The van der Waals surface area contributed by atoms with Crippen LogP contribution in [-0.4, -0.2) is 47.0 Å². The number of hydrogen-bond acceptors (Lipinski definition) is 7. The summed E-state index contributed by atoms with van der Waals surface area (Å²) in [4.78, 5) is 16.5. The summed E-state index contributed by atoms with van der Waals surface area (Å²) in [6.07, 6.45) is 3.14. The summed E-state index contributed by atoms with van der Waals surface area (Å²) in [5.41, 5.74) is 3.02. The fraction of sp³-hybridized carbons (Fsp3) is 0.333. The van der Waals surface area contributed by atoms with Gasteiger partial charge in [0.2, 0.25) is 0 Å². The molecule has 0 radical (unpaired) electrons. The molecular formula is C21H23ClN6O3. The summed E-state index contributed by atoms with van der Waals surface area (Å²) in [6, 6.07) is 7.53. The summed E-state index contributed by atoms with van der Waals surface area (Å²) in [5, 5.41) is 19.9. The first-order valence-electron chi connectivity index (χ1n) is 9.65. The van der Waals surface area contributed by atoms with Gasteiger partial charge in [-0.25, -0.2) is 0 Å². The fourth-order valence-corrected chi connectivity index (χ4v) is 3.21. The third kappa shape index (κ3) is 5.42. The number of nitrogens with one attached hydrogen (secondary N) is 2. The molecule has 0 unspecified atom stereocenters. The number of oxazole rings is 1. The first-order valence-corrected chi connectivity index (χ1v) is 10.0. The second-order valence-electron chi connectivity index (χ2n) is 6.97. The smallest absolute Gasteiger partial charge is 0.295 e. The van der Waals surface area contributed by atoms with Crippen molar-refractivity contribution in [2.45, 2.75) is 26.4 Å². The van der Waals surface area contributed by atoms with Crippen molar-refractivity contribution in [2.75, 3.05) is 25.6 Å². The number of carbonyl (C=O) groups excluding carboxylic acids is 1. The van der Waals surface area contributed by atoms with Crippen molar-refractivity contribution in [2.24, 2.45) is 0 Å². The maximum Gasteiger partial charge on any atom is 0.295 e. The third-order valence-electron chi connectivity index (χ3n) is 4.58. The van der Waals surface area contributed by atoms with Crippen LogP contribution in [-0.2, 0) is 11.3 Å². The van der Waals surface area contributed by atoms with E-state index in [1.807, 2.05) is 32.2 Å². The van der Waals surface area contributed by atoms with E-state index < -0.39 is 0 Å². The monoisotopic (exact) mass is 442 g/mol. The molecule has 3 rings (SSSR count). The molecule has 0 aliphatic carbocycles. The Balaban J connectivity index is 1.60. The molecule has 1 amide bonds. The second kappa shape index (κ2) is 10.1. The maximum absolute atomic E-state index is 12.4. The van der Waals surface area contributed by atoms with Crippen LogP contribution in [0.2, 0.25) is 5.02 Å². The van der Waals surface area contributed by atoms with Gasteiger partial charge in [0.1, 0.15) is 12.3 Å². The predicted octanol–water partition coefficient (Wildman–Crippen LogP) is 3.25. The standard InChI is InChI=1S/C21H23ClN6O3/c1-13(25-20(29)18-12-31-21(26-18)24-7-9-30-3)11-28-8-6-17(27-28)16-5-4-15(10-23)19(22)14(16)2/h4-6,8,12-13H,7,9,11H2,1-3H3,(H,24,26)(H,25,29)/t13-/m0/s1. The molecule has 3 aromatic rings. The largest absolute Gasteiger partial charge is 0.431 e. The van der Waals surface area contributed by atoms with E-state index in [9.17, 15) is 4.79 Å². The van der Waals surface area contributed by atoms with Gasteiger partial charge in [0.05, 0.1) is 29.4 Å². The normalized spacial score (nSPS) is 11.7. The lowest BCUT2D eigenvalue weighted by Gasteiger charge is -2.13. The number of hydrogen-bond donors (Lipinski definition) is 2. The Morgan fingerprint density at radius 3 is 2.97 bits per heavy atom. The van der Waals surface area contributed by atoms with Crippen molar-refractivity contribution in [1.29, 1.82) is 5.26 Å². The molecule has 2 heterocycles. The van der Waals surface area contributed by atoms with E-state index in [1.54, 1.807) is 17.9 Å². The molecule has 31 heavy (non-hydrogen) atoms. The summed E-state index contributed by atoms with van der Waals surface area (Å²) in [6.45, 7) is 5.23. The van der Waals surface area contributed by atoms with Crippen LogP contribution in [0.15, 0.2) is 35.1 Å². The molecule has 2 N–H and O–H groups in total. The van der Waals surface area contributed by atoms with Gasteiger partial charge in [0, 0.05) is 31.5 Å². The Morgan fingerprint density at radius 1 is 1.42 bits per heavy atom. The molecule has 1 atom stereocenters. The lowest BCUT2D eigenvalue weighted by molar-refractivity contribution is 0.0931. The number of nitrogens with zero attached hydrogens (tertiary/aromatic N) is 4. The second-order valence-corrected chi connectivity index (χ2v) is 7.34. The molecule has 162 valence electrons. The number of nitriles is 1. The molecule has 10 heteroatoms. The van der Waals surface area contributed by atoms with E-state index >= 15 is 0 Å². The van der Waals surface area contributed by atoms with Crippen LogP contribution in [0.1, 0.15) is 28.5 Å². The highest BCUT2D eigenvalue weighted by Gasteiger charge is 2.16. The van der Waals surface area contributed by atoms with Gasteiger partial charge in [-0.2, -0.15) is 15.3 Å². The minimum Gasteiger partial charge on any atom is -0.431 e. The first kappa shape index (κ1) is 22.3. The zero-order valence-electron chi connectivity index (χ0n) is 17.5. The fourth-order valence-electron chi connectivity index (χ4n) is 3.00. The summed E-state index contributed by atoms with van der Waals surface area (Å²) < 4.78 is 11.9. The molecule has 0 aliphatic rings. The van der Waals surface area contributed by atoms with Gasteiger partial charge in [0.25, 0.3) is 11.9 Å². The lowest BCUT2D eigenvalue weighted by Crippen LogP contribution is -2.36. The Bertz CT molecular complexity index is 1100. The van der Waals surface area contributed by atoms with E-state index in [0.717, 1.165) is 16.8 Å². The molecule has 9 nitrogen and oxygen atoms in total.